The molecule has 4 aliphatic rings. The molecule has 3 nitrogen and oxygen atoms in total. The lowest BCUT2D eigenvalue weighted by Gasteiger charge is -2.56. The van der Waals surface area contributed by atoms with E-state index in [4.69, 9.17) is 4.74 Å². The summed E-state index contributed by atoms with van der Waals surface area (Å²) in [5, 5.41) is 0. The van der Waals surface area contributed by atoms with Gasteiger partial charge in [-0.1, -0.05) is 32.9 Å². The SMILES string of the molecule is CC(=O)OC[C@@H](C)[C@H]1CC[C@H]2[C@@H]3C=CC4=CC(=O)CC[C@]4(C)[C@H]3CC[C@]12C. The maximum absolute atomic E-state index is 11.9. The standard InChI is InChI=1S/C24H34O3/c1-15(14-27-16(2)25)20-7-8-21-19-6-5-17-13-18(26)9-11-23(17,3)22(19)10-12-24(20,21)4/h5-6,13,15,19-22H,7-12,14H2,1-4H3/t15-,19+,20-,21+,22+,23+,24-/m1/s1. The Balaban J connectivity index is 1.59. The Hall–Kier alpha value is -1.38. The summed E-state index contributed by atoms with van der Waals surface area (Å²) in [6, 6.07) is 0. The molecule has 2 fully saturated rings. The molecule has 0 amide bonds. The van der Waals surface area contributed by atoms with Crippen molar-refractivity contribution in [3.63, 3.8) is 0 Å². The largest absolute Gasteiger partial charge is 0.466 e. The van der Waals surface area contributed by atoms with Gasteiger partial charge in [-0.3, -0.25) is 9.59 Å². The van der Waals surface area contributed by atoms with Gasteiger partial charge in [-0.2, -0.15) is 0 Å². The number of carbonyl (C=O) groups excluding carboxylic acids is 2. The van der Waals surface area contributed by atoms with E-state index in [1.807, 2.05) is 6.08 Å². The second-order valence-corrected chi connectivity index (χ2v) is 10.1. The van der Waals surface area contributed by atoms with Gasteiger partial charge in [0.1, 0.15) is 0 Å². The van der Waals surface area contributed by atoms with Crippen molar-refractivity contribution in [1.82, 2.24) is 0 Å². The molecule has 0 bridgehead atoms. The molecule has 3 heteroatoms. The Bertz CT molecular complexity index is 704. The fraction of sp³-hybridized carbons (Fsp3) is 0.750. The van der Waals surface area contributed by atoms with Crippen molar-refractivity contribution in [3.8, 4) is 0 Å². The zero-order valence-corrected chi connectivity index (χ0v) is 17.3. The number of ether oxygens (including phenoxy) is 1. The van der Waals surface area contributed by atoms with E-state index in [0.29, 0.717) is 53.8 Å². The number of rotatable bonds is 3. The number of carbonyl (C=O) groups is 2. The minimum absolute atomic E-state index is 0.167. The normalized spacial score (nSPS) is 44.0. The summed E-state index contributed by atoms with van der Waals surface area (Å²) >= 11 is 0. The van der Waals surface area contributed by atoms with E-state index in [-0.39, 0.29) is 11.4 Å². The molecule has 0 aromatic heterocycles. The predicted octanol–water partition coefficient (Wildman–Crippen LogP) is 5.11. The minimum Gasteiger partial charge on any atom is -0.466 e. The van der Waals surface area contributed by atoms with E-state index in [1.165, 1.54) is 38.2 Å². The summed E-state index contributed by atoms with van der Waals surface area (Å²) in [5.41, 5.74) is 1.80. The second-order valence-electron chi connectivity index (χ2n) is 10.1. The van der Waals surface area contributed by atoms with E-state index >= 15 is 0 Å². The van der Waals surface area contributed by atoms with Gasteiger partial charge in [0.25, 0.3) is 0 Å². The minimum atomic E-state index is -0.167. The molecule has 148 valence electrons. The quantitative estimate of drug-likeness (QED) is 0.648. The van der Waals surface area contributed by atoms with Crippen LogP contribution in [0.15, 0.2) is 23.8 Å². The van der Waals surface area contributed by atoms with Crippen LogP contribution in [0.5, 0.6) is 0 Å². The molecule has 0 heterocycles. The highest BCUT2D eigenvalue weighted by atomic mass is 16.5. The molecular weight excluding hydrogens is 336 g/mol. The summed E-state index contributed by atoms with van der Waals surface area (Å²) < 4.78 is 5.35. The number of hydrogen-bond donors (Lipinski definition) is 0. The van der Waals surface area contributed by atoms with Crippen molar-refractivity contribution in [2.45, 2.75) is 66.2 Å². The van der Waals surface area contributed by atoms with Crippen LogP contribution in [0.2, 0.25) is 0 Å². The van der Waals surface area contributed by atoms with E-state index in [1.54, 1.807) is 0 Å². The molecule has 4 rings (SSSR count). The van der Waals surface area contributed by atoms with Crippen LogP contribution < -0.4 is 0 Å². The van der Waals surface area contributed by atoms with Crippen molar-refractivity contribution >= 4 is 11.8 Å². The van der Waals surface area contributed by atoms with E-state index in [2.05, 4.69) is 32.9 Å². The molecule has 0 radical (unpaired) electrons. The molecule has 7 atom stereocenters. The first kappa shape index (κ1) is 19.0. The van der Waals surface area contributed by atoms with Gasteiger partial charge < -0.3 is 4.74 Å². The Kier molecular flexibility index (Phi) is 4.63. The second kappa shape index (κ2) is 6.60. The van der Waals surface area contributed by atoms with Gasteiger partial charge in [-0.25, -0.2) is 0 Å². The highest BCUT2D eigenvalue weighted by molar-refractivity contribution is 5.92. The van der Waals surface area contributed by atoms with Crippen molar-refractivity contribution in [1.29, 1.82) is 0 Å². The van der Waals surface area contributed by atoms with Crippen LogP contribution >= 0.6 is 0 Å². The van der Waals surface area contributed by atoms with Crippen LogP contribution in [-0.2, 0) is 14.3 Å². The van der Waals surface area contributed by atoms with Crippen molar-refractivity contribution in [3.05, 3.63) is 23.8 Å². The Morgan fingerprint density at radius 2 is 2.00 bits per heavy atom. The fourth-order valence-corrected chi connectivity index (χ4v) is 7.34. The number of ketones is 1. The maximum atomic E-state index is 11.9. The first-order chi connectivity index (χ1) is 12.8. The summed E-state index contributed by atoms with van der Waals surface area (Å²) in [6.07, 6.45) is 13.4. The fourth-order valence-electron chi connectivity index (χ4n) is 7.34. The van der Waals surface area contributed by atoms with Gasteiger partial charge in [0.2, 0.25) is 0 Å². The molecule has 4 aliphatic carbocycles. The van der Waals surface area contributed by atoms with Crippen molar-refractivity contribution < 1.29 is 14.3 Å². The molecule has 0 N–H and O–H groups in total. The van der Waals surface area contributed by atoms with E-state index in [9.17, 15) is 9.59 Å². The average Bonchev–Trinajstić information content (AvgIpc) is 2.97. The Labute approximate surface area is 163 Å². The first-order valence-electron chi connectivity index (χ1n) is 10.8. The lowest BCUT2D eigenvalue weighted by Crippen LogP contribution is -2.49. The smallest absolute Gasteiger partial charge is 0.302 e. The number of allylic oxidation sites excluding steroid dienone is 4. The summed E-state index contributed by atoms with van der Waals surface area (Å²) in [4.78, 5) is 23.2. The average molecular weight is 371 g/mol. The predicted molar refractivity (Wildman–Crippen MR) is 106 cm³/mol. The zero-order chi connectivity index (χ0) is 19.4. The van der Waals surface area contributed by atoms with Gasteiger partial charge in [0, 0.05) is 13.3 Å². The Morgan fingerprint density at radius 3 is 2.74 bits per heavy atom. The van der Waals surface area contributed by atoms with Crippen LogP contribution in [0.4, 0.5) is 0 Å². The van der Waals surface area contributed by atoms with E-state index in [0.717, 1.165) is 6.42 Å². The van der Waals surface area contributed by atoms with Crippen LogP contribution in [0.3, 0.4) is 0 Å². The molecule has 0 unspecified atom stereocenters. The molecule has 0 saturated heterocycles. The number of hydrogen-bond acceptors (Lipinski definition) is 3. The van der Waals surface area contributed by atoms with Gasteiger partial charge in [-0.05, 0) is 84.2 Å². The summed E-state index contributed by atoms with van der Waals surface area (Å²) in [6.45, 7) is 9.23. The van der Waals surface area contributed by atoms with Gasteiger partial charge in [0.05, 0.1) is 6.61 Å². The molecule has 2 saturated carbocycles. The highest BCUT2D eigenvalue weighted by Crippen LogP contribution is 2.66. The third-order valence-electron chi connectivity index (χ3n) is 8.83. The van der Waals surface area contributed by atoms with Crippen LogP contribution in [0.25, 0.3) is 0 Å². The maximum Gasteiger partial charge on any atom is 0.302 e. The Morgan fingerprint density at radius 1 is 1.22 bits per heavy atom. The zero-order valence-electron chi connectivity index (χ0n) is 17.3. The molecule has 27 heavy (non-hydrogen) atoms. The number of fused-ring (bicyclic) bond motifs is 5. The van der Waals surface area contributed by atoms with Crippen molar-refractivity contribution in [2.24, 2.45) is 40.4 Å². The molecule has 0 aromatic rings. The lowest BCUT2D eigenvalue weighted by molar-refractivity contribution is -0.143. The summed E-state index contributed by atoms with van der Waals surface area (Å²) in [5.74, 6) is 3.20. The highest BCUT2D eigenvalue weighted by Gasteiger charge is 2.58. The summed E-state index contributed by atoms with van der Waals surface area (Å²) in [7, 11) is 0. The molecule has 0 spiro atoms. The topological polar surface area (TPSA) is 43.4 Å². The monoisotopic (exact) mass is 370 g/mol. The van der Waals surface area contributed by atoms with Gasteiger partial charge in [0.15, 0.2) is 5.78 Å². The number of esters is 1. The first-order valence-corrected chi connectivity index (χ1v) is 10.8. The van der Waals surface area contributed by atoms with Gasteiger partial charge in [-0.15, -0.1) is 0 Å². The molecule has 0 aromatic carbocycles. The van der Waals surface area contributed by atoms with Gasteiger partial charge >= 0.3 is 5.97 Å². The molecule has 0 aliphatic heterocycles. The third kappa shape index (κ3) is 2.93. The van der Waals surface area contributed by atoms with Crippen molar-refractivity contribution in [2.75, 3.05) is 6.61 Å². The van der Waals surface area contributed by atoms with E-state index < -0.39 is 0 Å². The molecular formula is C24H34O3. The lowest BCUT2D eigenvalue weighted by atomic mass is 9.48. The van der Waals surface area contributed by atoms with Crippen LogP contribution in [-0.4, -0.2) is 18.4 Å². The van der Waals surface area contributed by atoms with Crippen LogP contribution in [0, 0.1) is 40.4 Å². The van der Waals surface area contributed by atoms with Crippen LogP contribution in [0.1, 0.15) is 66.2 Å². The third-order valence-corrected chi connectivity index (χ3v) is 8.83.